The van der Waals surface area contributed by atoms with Crippen LogP contribution in [0, 0.1) is 0 Å². The van der Waals surface area contributed by atoms with E-state index < -0.39 is 30.3 Å². The molecule has 228 valence electrons. The third-order valence-corrected chi connectivity index (χ3v) is 8.88. The van der Waals surface area contributed by atoms with Gasteiger partial charge < -0.3 is 14.5 Å². The second kappa shape index (κ2) is 11.6. The summed E-state index contributed by atoms with van der Waals surface area (Å²) in [5.41, 5.74) is 3.45. The van der Waals surface area contributed by atoms with Crippen LogP contribution in [0.1, 0.15) is 56.0 Å². The van der Waals surface area contributed by atoms with Crippen molar-refractivity contribution in [3.05, 3.63) is 138 Å². The van der Waals surface area contributed by atoms with E-state index in [4.69, 9.17) is 4.74 Å². The third kappa shape index (κ3) is 4.79. The Morgan fingerprint density at radius 3 is 2.07 bits per heavy atom. The Hall–Kier alpha value is -5.76. The lowest BCUT2D eigenvalue weighted by Gasteiger charge is -2.44. The second-order valence-corrected chi connectivity index (χ2v) is 11.6. The fraction of sp³-hybridized carbons (Fsp3) is 0.158. The molecule has 0 unspecified atom stereocenters. The Labute approximate surface area is 266 Å². The highest BCUT2D eigenvalue weighted by atomic mass is 16.5. The van der Waals surface area contributed by atoms with Crippen LogP contribution in [0.25, 0.3) is 10.8 Å². The highest BCUT2D eigenvalue weighted by molar-refractivity contribution is 6.26. The van der Waals surface area contributed by atoms with Crippen molar-refractivity contribution in [2.75, 3.05) is 23.5 Å². The zero-order chi connectivity index (χ0) is 31.9. The molecule has 0 spiro atoms. The number of benzene rings is 5. The van der Waals surface area contributed by atoms with Gasteiger partial charge in [0.05, 0.1) is 13.2 Å². The quantitative estimate of drug-likeness (QED) is 0.201. The van der Waals surface area contributed by atoms with Gasteiger partial charge >= 0.3 is 0 Å². The van der Waals surface area contributed by atoms with Crippen molar-refractivity contribution in [2.45, 2.75) is 25.4 Å². The number of para-hydroxylation sites is 2. The number of amides is 4. The number of fused-ring (bicyclic) bond motifs is 1. The molecule has 0 aromatic heterocycles. The summed E-state index contributed by atoms with van der Waals surface area (Å²) in [6, 6.07) is 33.8. The van der Waals surface area contributed by atoms with Gasteiger partial charge in [-0.05, 0) is 78.9 Å². The number of carbonyl (C=O) groups excluding carboxylic acids is 4. The molecule has 0 N–H and O–H groups in total. The van der Waals surface area contributed by atoms with Crippen LogP contribution in [0.4, 0.5) is 11.4 Å². The number of hydrogen-bond donors (Lipinski definition) is 0. The first kappa shape index (κ1) is 29.0. The van der Waals surface area contributed by atoms with Crippen LogP contribution in [0.15, 0.2) is 115 Å². The molecular formula is C38H31N3O5. The van der Waals surface area contributed by atoms with Gasteiger partial charge in [0.15, 0.2) is 0 Å². The number of ether oxygens (including phenoxy) is 1. The van der Waals surface area contributed by atoms with E-state index in [9.17, 15) is 19.2 Å². The van der Waals surface area contributed by atoms with Crippen LogP contribution in [0.5, 0.6) is 5.75 Å². The second-order valence-electron chi connectivity index (χ2n) is 11.6. The van der Waals surface area contributed by atoms with Gasteiger partial charge in [0.25, 0.3) is 17.7 Å². The van der Waals surface area contributed by atoms with Gasteiger partial charge in [-0.2, -0.15) is 0 Å². The number of rotatable bonds is 6. The molecule has 4 amide bonds. The first-order valence-corrected chi connectivity index (χ1v) is 15.2. The van der Waals surface area contributed by atoms with E-state index in [0.29, 0.717) is 45.6 Å². The van der Waals surface area contributed by atoms with E-state index >= 15 is 0 Å². The van der Waals surface area contributed by atoms with Crippen LogP contribution < -0.4 is 14.5 Å². The molecule has 0 saturated carbocycles. The normalized spacial score (nSPS) is 17.1. The van der Waals surface area contributed by atoms with Crippen LogP contribution >= 0.6 is 0 Å². The number of hydrogen-bond acceptors (Lipinski definition) is 5. The number of imide groups is 1. The lowest BCUT2D eigenvalue weighted by molar-refractivity contribution is -0.119. The average molecular weight is 610 g/mol. The van der Waals surface area contributed by atoms with Crippen LogP contribution in [0.3, 0.4) is 0 Å². The molecule has 8 heteroatoms. The summed E-state index contributed by atoms with van der Waals surface area (Å²) in [4.78, 5) is 60.3. The van der Waals surface area contributed by atoms with Crippen molar-refractivity contribution in [3.8, 4) is 5.75 Å². The van der Waals surface area contributed by atoms with Crippen molar-refractivity contribution in [2.24, 2.45) is 0 Å². The predicted octanol–water partition coefficient (Wildman–Crippen LogP) is 6.66. The standard InChI is InChI=1S/C38H31N3O5/c1-24-22-33(29-14-6-7-17-32(29)40(24)36(43)26-18-20-28(46-2)21-19-26)41(27-12-4-3-5-13-27)34(42)23-39-37(44)30-15-8-10-25-11-9-16-31(35(25)30)38(39)45/h3-21,24,33H,22-23H2,1-2H3/t24-,33+/m1/s1. The molecule has 0 fully saturated rings. The topological polar surface area (TPSA) is 87.2 Å². The van der Waals surface area contributed by atoms with Gasteiger partial charge in [-0.1, -0.05) is 60.7 Å². The Kier molecular flexibility index (Phi) is 7.33. The Balaban J connectivity index is 1.26. The summed E-state index contributed by atoms with van der Waals surface area (Å²) in [6.45, 7) is 1.53. The molecule has 46 heavy (non-hydrogen) atoms. The van der Waals surface area contributed by atoms with Crippen LogP contribution in [-0.2, 0) is 4.79 Å². The van der Waals surface area contributed by atoms with Crippen molar-refractivity contribution >= 4 is 45.8 Å². The van der Waals surface area contributed by atoms with Gasteiger partial charge in [-0.25, -0.2) is 0 Å². The third-order valence-electron chi connectivity index (χ3n) is 8.88. The summed E-state index contributed by atoms with van der Waals surface area (Å²) in [5, 5.41) is 1.41. The van der Waals surface area contributed by atoms with Gasteiger partial charge in [0, 0.05) is 39.5 Å². The first-order valence-electron chi connectivity index (χ1n) is 15.2. The zero-order valence-corrected chi connectivity index (χ0v) is 25.4. The largest absolute Gasteiger partial charge is 0.497 e. The molecule has 2 heterocycles. The van der Waals surface area contributed by atoms with E-state index in [1.54, 1.807) is 65.4 Å². The van der Waals surface area contributed by atoms with E-state index in [1.807, 2.05) is 73.7 Å². The molecule has 0 aliphatic carbocycles. The fourth-order valence-electron chi connectivity index (χ4n) is 6.73. The highest BCUT2D eigenvalue weighted by Gasteiger charge is 2.41. The minimum atomic E-state index is -0.496. The van der Waals surface area contributed by atoms with Crippen molar-refractivity contribution in [3.63, 3.8) is 0 Å². The fourth-order valence-corrected chi connectivity index (χ4v) is 6.73. The average Bonchev–Trinajstić information content (AvgIpc) is 3.09. The first-order chi connectivity index (χ1) is 22.4. The van der Waals surface area contributed by atoms with Gasteiger partial charge in [-0.3, -0.25) is 24.1 Å². The molecule has 0 radical (unpaired) electrons. The molecule has 0 bridgehead atoms. The van der Waals surface area contributed by atoms with Crippen LogP contribution in [0.2, 0.25) is 0 Å². The lowest BCUT2D eigenvalue weighted by Crippen LogP contribution is -2.51. The van der Waals surface area contributed by atoms with E-state index in [1.165, 1.54) is 0 Å². The SMILES string of the molecule is COc1ccc(C(=O)N2c3ccccc3[C@@H](N(C(=O)CN3C(=O)c4cccc5cccc(c45)C3=O)c3ccccc3)C[C@H]2C)cc1. The molecule has 5 aromatic rings. The smallest absolute Gasteiger partial charge is 0.261 e. The molecule has 5 aromatic carbocycles. The highest BCUT2D eigenvalue weighted by Crippen LogP contribution is 2.43. The molecule has 2 atom stereocenters. The molecule has 2 aliphatic heterocycles. The maximum Gasteiger partial charge on any atom is 0.261 e. The summed E-state index contributed by atoms with van der Waals surface area (Å²) in [6.07, 6.45) is 0.434. The summed E-state index contributed by atoms with van der Waals surface area (Å²) >= 11 is 0. The molecular weight excluding hydrogens is 578 g/mol. The number of methoxy groups -OCH3 is 1. The predicted molar refractivity (Wildman–Crippen MR) is 176 cm³/mol. The minimum Gasteiger partial charge on any atom is -0.497 e. The molecule has 2 aliphatic rings. The number of carbonyl (C=O) groups is 4. The monoisotopic (exact) mass is 609 g/mol. The van der Waals surface area contributed by atoms with Gasteiger partial charge in [-0.15, -0.1) is 0 Å². The maximum atomic E-state index is 14.5. The Morgan fingerprint density at radius 2 is 1.41 bits per heavy atom. The van der Waals surface area contributed by atoms with Crippen molar-refractivity contribution in [1.29, 1.82) is 0 Å². The van der Waals surface area contributed by atoms with Gasteiger partial charge in [0.1, 0.15) is 12.3 Å². The molecule has 8 nitrogen and oxygen atoms in total. The van der Waals surface area contributed by atoms with Crippen molar-refractivity contribution in [1.82, 2.24) is 4.90 Å². The Bertz CT molecular complexity index is 1960. The minimum absolute atomic E-state index is 0.156. The maximum absolute atomic E-state index is 14.5. The summed E-state index contributed by atoms with van der Waals surface area (Å²) in [5.74, 6) is -0.891. The van der Waals surface area contributed by atoms with Gasteiger partial charge in [0.2, 0.25) is 5.91 Å². The van der Waals surface area contributed by atoms with E-state index in [0.717, 1.165) is 15.8 Å². The number of nitrogens with zero attached hydrogens (tertiary/aromatic N) is 3. The molecule has 7 rings (SSSR count). The molecule has 0 saturated heterocycles. The van der Waals surface area contributed by atoms with E-state index in [-0.39, 0.29) is 11.9 Å². The summed E-state index contributed by atoms with van der Waals surface area (Å²) < 4.78 is 5.27. The summed E-state index contributed by atoms with van der Waals surface area (Å²) in [7, 11) is 1.58. The lowest BCUT2D eigenvalue weighted by atomic mass is 9.89. The van der Waals surface area contributed by atoms with E-state index in [2.05, 4.69) is 0 Å². The van der Waals surface area contributed by atoms with Crippen LogP contribution in [-0.4, -0.2) is 48.2 Å². The number of anilines is 2. The Morgan fingerprint density at radius 1 is 0.783 bits per heavy atom. The van der Waals surface area contributed by atoms with Crippen molar-refractivity contribution < 1.29 is 23.9 Å². The zero-order valence-electron chi connectivity index (χ0n) is 25.4.